The Hall–Kier alpha value is -2.82. The normalized spacial score (nSPS) is 11.3. The number of aryl methyl sites for hydroxylation is 1. The van der Waals surface area contributed by atoms with Gasteiger partial charge in [0.15, 0.2) is 0 Å². The van der Waals surface area contributed by atoms with Crippen molar-refractivity contribution in [2.24, 2.45) is 4.99 Å². The van der Waals surface area contributed by atoms with Crippen molar-refractivity contribution >= 4 is 23.2 Å². The highest BCUT2D eigenvalue weighted by molar-refractivity contribution is 5.87. The molecule has 0 aliphatic heterocycles. The summed E-state index contributed by atoms with van der Waals surface area (Å²) in [6.45, 7) is 24.5. The van der Waals surface area contributed by atoms with Gasteiger partial charge in [-0.25, -0.2) is 4.79 Å². The molecule has 1 N–H and O–H groups in total. The summed E-state index contributed by atoms with van der Waals surface area (Å²) in [6.07, 6.45) is 8.11. The Morgan fingerprint density at radius 1 is 1.15 bits per heavy atom. The average molecular weight is 470 g/mol. The van der Waals surface area contributed by atoms with Crippen molar-refractivity contribution in [1.82, 2.24) is 0 Å². The molecule has 34 heavy (non-hydrogen) atoms. The van der Waals surface area contributed by atoms with E-state index < -0.39 is 6.09 Å². The Labute approximate surface area is 208 Å². The molecule has 1 aromatic rings. The fraction of sp³-hybridized carbons (Fsp3) is 0.517. The Morgan fingerprint density at radius 3 is 2.38 bits per heavy atom. The van der Waals surface area contributed by atoms with Crippen molar-refractivity contribution in [3.8, 4) is 0 Å². The van der Waals surface area contributed by atoms with Crippen LogP contribution in [0.2, 0.25) is 0 Å². The van der Waals surface area contributed by atoms with E-state index in [1.165, 1.54) is 12.8 Å². The zero-order valence-electron chi connectivity index (χ0n) is 22.7. The minimum absolute atomic E-state index is 0.265. The molecular formula is C29H47N3O2. The molecule has 0 aromatic heterocycles. The monoisotopic (exact) mass is 469 g/mol. The van der Waals surface area contributed by atoms with E-state index in [2.05, 4.69) is 55.2 Å². The van der Waals surface area contributed by atoms with Crippen LogP contribution in [-0.2, 0) is 4.74 Å². The Kier molecular flexibility index (Phi) is 17.0. The second kappa shape index (κ2) is 18.6. The van der Waals surface area contributed by atoms with Gasteiger partial charge in [0.25, 0.3) is 0 Å². The maximum Gasteiger partial charge on any atom is 0.411 e. The number of nitrogens with zero attached hydrogens (tertiary/aromatic N) is 2. The third kappa shape index (κ3) is 11.9. The smallest absolute Gasteiger partial charge is 0.411 e. The first-order chi connectivity index (χ1) is 16.4. The molecule has 0 unspecified atom stereocenters. The Balaban J connectivity index is 0.00000529. The minimum atomic E-state index is -0.456. The molecule has 0 bridgehead atoms. The van der Waals surface area contributed by atoms with Crippen molar-refractivity contribution < 1.29 is 9.53 Å². The molecule has 190 valence electrons. The van der Waals surface area contributed by atoms with E-state index >= 15 is 0 Å². The molecule has 0 heterocycles. The molecule has 1 rings (SSSR count). The molecule has 5 heteroatoms. The predicted octanol–water partition coefficient (Wildman–Crippen LogP) is 8.47. The van der Waals surface area contributed by atoms with Crippen molar-refractivity contribution in [2.45, 2.75) is 80.6 Å². The van der Waals surface area contributed by atoms with Crippen molar-refractivity contribution in [1.29, 1.82) is 0 Å². The third-order valence-corrected chi connectivity index (χ3v) is 5.30. The molecule has 0 fully saturated rings. The van der Waals surface area contributed by atoms with Crippen LogP contribution in [0.5, 0.6) is 0 Å². The van der Waals surface area contributed by atoms with Crippen LogP contribution in [0.4, 0.5) is 16.2 Å². The molecule has 0 aliphatic carbocycles. The van der Waals surface area contributed by atoms with Gasteiger partial charge in [-0.15, -0.1) is 0 Å². The number of allylic oxidation sites excluding steroid dienone is 3. The van der Waals surface area contributed by atoms with E-state index in [-0.39, 0.29) is 6.61 Å². The molecule has 5 nitrogen and oxygen atoms in total. The molecule has 0 atom stereocenters. The van der Waals surface area contributed by atoms with Gasteiger partial charge in [-0.2, -0.15) is 0 Å². The molecule has 0 saturated heterocycles. The summed E-state index contributed by atoms with van der Waals surface area (Å²) < 4.78 is 5.37. The predicted molar refractivity (Wildman–Crippen MR) is 150 cm³/mol. The van der Waals surface area contributed by atoms with Gasteiger partial charge in [0, 0.05) is 36.6 Å². The lowest BCUT2D eigenvalue weighted by atomic mass is 10.1. The topological polar surface area (TPSA) is 53.9 Å². The number of aliphatic imine (C=N–C) groups is 1. The number of carbonyl (C=O) groups is 1. The van der Waals surface area contributed by atoms with Crippen molar-refractivity contribution in [3.05, 3.63) is 60.3 Å². The van der Waals surface area contributed by atoms with Crippen LogP contribution >= 0.6 is 0 Å². The quantitative estimate of drug-likeness (QED) is 0.169. The zero-order valence-corrected chi connectivity index (χ0v) is 22.7. The van der Waals surface area contributed by atoms with Gasteiger partial charge in [-0.1, -0.05) is 52.8 Å². The Morgan fingerprint density at radius 2 is 1.82 bits per heavy atom. The highest BCUT2D eigenvalue weighted by Gasteiger charge is 2.09. The highest BCUT2D eigenvalue weighted by Crippen LogP contribution is 2.23. The zero-order chi connectivity index (χ0) is 25.9. The van der Waals surface area contributed by atoms with Crippen LogP contribution in [0.3, 0.4) is 0 Å². The number of benzene rings is 1. The number of ether oxygens (including phenoxy) is 1. The molecule has 0 spiro atoms. The van der Waals surface area contributed by atoms with Gasteiger partial charge in [-0.3, -0.25) is 10.3 Å². The standard InChI is InChI=1S/C27H41N3O2.C2H6/c1-8-12-13-15-21(5)25(14-9-2)28-23(7)18-19-32-27(31)29-26-17-16-24(20-22(26)6)30(10-3)11-4;1-2/h9,14,16-17,20H,2,5,8,10-13,15,18-19H2,1,3-4,6-7H3,(H,29,31);1-2H3/b25-14+,28-23?;. The molecule has 0 radical (unpaired) electrons. The highest BCUT2D eigenvalue weighted by atomic mass is 16.5. The van der Waals surface area contributed by atoms with E-state index in [4.69, 9.17) is 4.74 Å². The molecule has 1 aromatic carbocycles. The molecule has 1 amide bonds. The number of amides is 1. The summed E-state index contributed by atoms with van der Waals surface area (Å²) in [5.74, 6) is 0. The van der Waals surface area contributed by atoms with Crippen LogP contribution in [0.25, 0.3) is 0 Å². The van der Waals surface area contributed by atoms with E-state index in [9.17, 15) is 4.79 Å². The van der Waals surface area contributed by atoms with Crippen molar-refractivity contribution in [3.63, 3.8) is 0 Å². The maximum atomic E-state index is 12.2. The molecule has 0 saturated carbocycles. The Bertz CT molecular complexity index is 821. The second-order valence-corrected chi connectivity index (χ2v) is 7.88. The SMILES string of the molecule is C=C/C=C(/N=C(C)CCOC(=O)Nc1ccc(N(CC)CC)cc1C)C(=C)CCCCC.CC. The summed E-state index contributed by atoms with van der Waals surface area (Å²) in [6, 6.07) is 6.03. The average Bonchev–Trinajstić information content (AvgIpc) is 2.82. The number of carbonyl (C=O) groups excluding carboxylic acids is 1. The number of anilines is 2. The van der Waals surface area contributed by atoms with Crippen LogP contribution < -0.4 is 10.2 Å². The summed E-state index contributed by atoms with van der Waals surface area (Å²) in [5.41, 5.74) is 5.67. The van der Waals surface area contributed by atoms with Gasteiger partial charge in [-0.05, 0) is 75.9 Å². The first-order valence-corrected chi connectivity index (χ1v) is 12.7. The maximum absolute atomic E-state index is 12.2. The number of nitrogens with one attached hydrogen (secondary N) is 1. The molecular weight excluding hydrogens is 422 g/mol. The van der Waals surface area contributed by atoms with Crippen LogP contribution in [0.15, 0.2) is 59.8 Å². The summed E-state index contributed by atoms with van der Waals surface area (Å²) in [4.78, 5) is 19.2. The fourth-order valence-corrected chi connectivity index (χ4v) is 3.33. The van der Waals surface area contributed by atoms with Crippen LogP contribution in [0, 0.1) is 6.92 Å². The van der Waals surface area contributed by atoms with E-state index in [1.807, 2.05) is 45.9 Å². The lowest BCUT2D eigenvalue weighted by molar-refractivity contribution is 0.165. The van der Waals surface area contributed by atoms with Gasteiger partial charge in [0.1, 0.15) is 0 Å². The summed E-state index contributed by atoms with van der Waals surface area (Å²) >= 11 is 0. The largest absolute Gasteiger partial charge is 0.449 e. The fourth-order valence-electron chi connectivity index (χ4n) is 3.33. The summed E-state index contributed by atoms with van der Waals surface area (Å²) in [5, 5.41) is 2.84. The third-order valence-electron chi connectivity index (χ3n) is 5.30. The number of unbranched alkanes of at least 4 members (excludes halogenated alkanes) is 2. The number of rotatable bonds is 14. The minimum Gasteiger partial charge on any atom is -0.449 e. The van der Waals surface area contributed by atoms with Gasteiger partial charge >= 0.3 is 6.09 Å². The second-order valence-electron chi connectivity index (χ2n) is 7.88. The van der Waals surface area contributed by atoms with E-state index in [1.54, 1.807) is 6.08 Å². The van der Waals surface area contributed by atoms with Crippen molar-refractivity contribution in [2.75, 3.05) is 29.9 Å². The van der Waals surface area contributed by atoms with Gasteiger partial charge < -0.3 is 9.64 Å². The first kappa shape index (κ1) is 31.2. The van der Waals surface area contributed by atoms with Gasteiger partial charge in [0.05, 0.1) is 12.3 Å². The number of hydrogen-bond acceptors (Lipinski definition) is 4. The van der Waals surface area contributed by atoms with Gasteiger partial charge in [0.2, 0.25) is 0 Å². The summed E-state index contributed by atoms with van der Waals surface area (Å²) in [7, 11) is 0. The molecule has 0 aliphatic rings. The number of hydrogen-bond donors (Lipinski definition) is 1. The van der Waals surface area contributed by atoms with E-state index in [0.717, 1.165) is 59.9 Å². The van der Waals surface area contributed by atoms with Crippen LogP contribution in [-0.4, -0.2) is 31.5 Å². The van der Waals surface area contributed by atoms with E-state index in [0.29, 0.717) is 6.42 Å². The lowest BCUT2D eigenvalue weighted by Gasteiger charge is -2.22. The lowest BCUT2D eigenvalue weighted by Crippen LogP contribution is -2.22. The van der Waals surface area contributed by atoms with Crippen LogP contribution in [0.1, 0.15) is 79.2 Å². The first-order valence-electron chi connectivity index (χ1n) is 12.7.